The smallest absolute Gasteiger partial charge is 0.250 e. The Kier molecular flexibility index (Phi) is 9.10. The first-order chi connectivity index (χ1) is 18.8. The lowest BCUT2D eigenvalue weighted by Crippen LogP contribution is -2.20. The number of aryl methyl sites for hydroxylation is 1. The van der Waals surface area contributed by atoms with E-state index in [1.54, 1.807) is 26.4 Å². The molecule has 0 saturated heterocycles. The van der Waals surface area contributed by atoms with E-state index in [0.717, 1.165) is 16.8 Å². The van der Waals surface area contributed by atoms with Crippen LogP contribution < -0.4 is 19.6 Å². The van der Waals surface area contributed by atoms with Gasteiger partial charge in [-0.05, 0) is 70.9 Å². The molecule has 0 atom stereocenters. The lowest BCUT2D eigenvalue weighted by molar-refractivity contribution is -0.118. The van der Waals surface area contributed by atoms with Crippen LogP contribution in [0, 0.1) is 6.92 Å². The molecular formula is C27H26BrN5O5S. The second-order valence-electron chi connectivity index (χ2n) is 8.18. The van der Waals surface area contributed by atoms with Crippen LogP contribution >= 0.6 is 27.7 Å². The molecule has 1 amide bonds. The van der Waals surface area contributed by atoms with Gasteiger partial charge in [-0.2, -0.15) is 5.10 Å². The molecule has 10 nitrogen and oxygen atoms in total. The zero-order valence-electron chi connectivity index (χ0n) is 21.6. The van der Waals surface area contributed by atoms with Crippen molar-refractivity contribution in [2.45, 2.75) is 12.1 Å². The highest BCUT2D eigenvalue weighted by Gasteiger charge is 2.19. The number of methoxy groups -OCH3 is 3. The number of amides is 1. The van der Waals surface area contributed by atoms with Crippen molar-refractivity contribution in [3.63, 3.8) is 0 Å². The van der Waals surface area contributed by atoms with Crippen LogP contribution in [0.4, 0.5) is 0 Å². The molecule has 4 aromatic rings. The quantitative estimate of drug-likeness (QED) is 0.146. The minimum atomic E-state index is -0.327. The molecule has 2 N–H and O–H groups in total. The van der Waals surface area contributed by atoms with Crippen LogP contribution in [-0.2, 0) is 4.79 Å². The lowest BCUT2D eigenvalue weighted by atomic mass is 10.1. The average Bonchev–Trinajstić information content (AvgIpc) is 3.37. The van der Waals surface area contributed by atoms with Crippen molar-refractivity contribution >= 4 is 39.8 Å². The van der Waals surface area contributed by atoms with Gasteiger partial charge in [0, 0.05) is 11.3 Å². The molecule has 39 heavy (non-hydrogen) atoms. The molecule has 0 radical (unpaired) electrons. The van der Waals surface area contributed by atoms with E-state index in [1.165, 1.54) is 25.1 Å². The number of hydrogen-bond acceptors (Lipinski definition) is 9. The minimum absolute atomic E-state index is 0.0137. The SMILES string of the molecule is COc1ccc(-c2nnc(SCC(=O)N/N=C/c3cc(Br)c(O)c(OC)c3)n2-c2ccc(C)cc2)cc1OC. The summed E-state index contributed by atoms with van der Waals surface area (Å²) in [5.74, 6) is 1.76. The number of hydrogen-bond donors (Lipinski definition) is 2. The summed E-state index contributed by atoms with van der Waals surface area (Å²) in [5.41, 5.74) is 5.88. The van der Waals surface area contributed by atoms with Crippen molar-refractivity contribution in [1.29, 1.82) is 0 Å². The Bertz CT molecular complexity index is 1510. The Balaban J connectivity index is 1.54. The molecule has 3 aromatic carbocycles. The van der Waals surface area contributed by atoms with Crippen LogP contribution in [0.1, 0.15) is 11.1 Å². The van der Waals surface area contributed by atoms with Crippen LogP contribution in [0.5, 0.6) is 23.0 Å². The largest absolute Gasteiger partial charge is 0.503 e. The first-order valence-corrected chi connectivity index (χ1v) is 13.4. The van der Waals surface area contributed by atoms with E-state index in [2.05, 4.69) is 36.7 Å². The fraction of sp³-hybridized carbons (Fsp3) is 0.185. The molecule has 4 rings (SSSR count). The van der Waals surface area contributed by atoms with Gasteiger partial charge in [-0.15, -0.1) is 10.2 Å². The Morgan fingerprint density at radius 3 is 2.44 bits per heavy atom. The fourth-order valence-corrected chi connectivity index (χ4v) is 4.82. The molecule has 0 aliphatic carbocycles. The van der Waals surface area contributed by atoms with Crippen molar-refractivity contribution in [3.05, 3.63) is 70.2 Å². The first-order valence-electron chi connectivity index (χ1n) is 11.6. The summed E-state index contributed by atoms with van der Waals surface area (Å²) in [6, 6.07) is 16.7. The maximum absolute atomic E-state index is 12.6. The van der Waals surface area contributed by atoms with Crippen LogP contribution in [0.25, 0.3) is 17.1 Å². The highest BCUT2D eigenvalue weighted by molar-refractivity contribution is 9.10. The number of phenols is 1. The van der Waals surface area contributed by atoms with E-state index >= 15 is 0 Å². The number of thioether (sulfide) groups is 1. The van der Waals surface area contributed by atoms with E-state index in [-0.39, 0.29) is 23.2 Å². The number of rotatable bonds is 10. The van der Waals surface area contributed by atoms with E-state index in [9.17, 15) is 9.90 Å². The second kappa shape index (κ2) is 12.7. The number of nitrogens with one attached hydrogen (secondary N) is 1. The Morgan fingerprint density at radius 2 is 1.74 bits per heavy atom. The Hall–Kier alpha value is -4.03. The molecule has 0 spiro atoms. The number of benzene rings is 3. The summed E-state index contributed by atoms with van der Waals surface area (Å²) in [6.07, 6.45) is 1.46. The number of aromatic nitrogens is 3. The van der Waals surface area contributed by atoms with Crippen molar-refractivity contribution in [3.8, 4) is 40.1 Å². The fourth-order valence-electron chi connectivity index (χ4n) is 3.62. The maximum atomic E-state index is 12.6. The topological polar surface area (TPSA) is 120 Å². The number of hydrazone groups is 1. The standard InChI is InChI=1S/C27H26BrN5O5S/c1-16-5-8-19(9-6-16)33-26(18-7-10-21(36-2)22(13-18)37-3)31-32-27(33)39-15-24(34)30-29-14-17-11-20(28)25(35)23(12-17)38-4/h5-14,35H,15H2,1-4H3,(H,30,34)/b29-14+. The van der Waals surface area contributed by atoms with Crippen LogP contribution in [-0.4, -0.2) is 59.1 Å². The van der Waals surface area contributed by atoms with Gasteiger partial charge in [0.2, 0.25) is 0 Å². The monoisotopic (exact) mass is 611 g/mol. The van der Waals surface area contributed by atoms with Crippen LogP contribution in [0.15, 0.2) is 69.3 Å². The van der Waals surface area contributed by atoms with Gasteiger partial charge in [-0.1, -0.05) is 29.5 Å². The number of nitrogens with zero attached hydrogens (tertiary/aromatic N) is 4. The van der Waals surface area contributed by atoms with Crippen molar-refractivity contribution in [2.24, 2.45) is 5.10 Å². The molecule has 0 aliphatic rings. The van der Waals surface area contributed by atoms with Gasteiger partial charge < -0.3 is 19.3 Å². The van der Waals surface area contributed by atoms with Gasteiger partial charge in [0.25, 0.3) is 5.91 Å². The summed E-state index contributed by atoms with van der Waals surface area (Å²) >= 11 is 4.49. The molecule has 0 bridgehead atoms. The predicted molar refractivity (Wildman–Crippen MR) is 153 cm³/mol. The van der Waals surface area contributed by atoms with Gasteiger partial charge in [0.1, 0.15) is 0 Å². The average molecular weight is 613 g/mol. The van der Waals surface area contributed by atoms with E-state index in [1.807, 2.05) is 54.0 Å². The highest BCUT2D eigenvalue weighted by atomic mass is 79.9. The normalized spacial score (nSPS) is 11.0. The van der Waals surface area contributed by atoms with Gasteiger partial charge in [-0.25, -0.2) is 5.43 Å². The minimum Gasteiger partial charge on any atom is -0.503 e. The summed E-state index contributed by atoms with van der Waals surface area (Å²) in [5, 5.41) is 23.3. The zero-order valence-corrected chi connectivity index (χ0v) is 24.0. The summed E-state index contributed by atoms with van der Waals surface area (Å²) < 4.78 is 18.3. The number of phenolic OH excluding ortho intramolecular Hbond substituents is 1. The summed E-state index contributed by atoms with van der Waals surface area (Å²) in [6.45, 7) is 2.01. The molecule has 0 saturated carbocycles. The predicted octanol–water partition coefficient (Wildman–Crippen LogP) is 4.98. The molecule has 0 aliphatic heterocycles. The molecule has 202 valence electrons. The van der Waals surface area contributed by atoms with Crippen molar-refractivity contribution < 1.29 is 24.1 Å². The molecule has 0 fully saturated rings. The van der Waals surface area contributed by atoms with Crippen LogP contribution in [0.2, 0.25) is 0 Å². The van der Waals surface area contributed by atoms with E-state index in [4.69, 9.17) is 14.2 Å². The lowest BCUT2D eigenvalue weighted by Gasteiger charge is -2.12. The zero-order chi connectivity index (χ0) is 27.9. The third-order valence-corrected chi connectivity index (χ3v) is 7.11. The molecule has 1 heterocycles. The molecule has 0 unspecified atom stereocenters. The van der Waals surface area contributed by atoms with Crippen molar-refractivity contribution in [2.75, 3.05) is 27.1 Å². The van der Waals surface area contributed by atoms with Gasteiger partial charge in [-0.3, -0.25) is 9.36 Å². The number of aromatic hydroxyl groups is 1. The first kappa shape index (κ1) is 28.0. The van der Waals surface area contributed by atoms with Gasteiger partial charge in [0.15, 0.2) is 34.0 Å². The van der Waals surface area contributed by atoms with Gasteiger partial charge >= 0.3 is 0 Å². The van der Waals surface area contributed by atoms with E-state index in [0.29, 0.717) is 32.5 Å². The highest BCUT2D eigenvalue weighted by Crippen LogP contribution is 2.35. The molecule has 12 heteroatoms. The third-order valence-electron chi connectivity index (χ3n) is 5.57. The maximum Gasteiger partial charge on any atom is 0.250 e. The molecular weight excluding hydrogens is 586 g/mol. The van der Waals surface area contributed by atoms with Crippen LogP contribution in [0.3, 0.4) is 0 Å². The number of ether oxygens (including phenoxy) is 3. The van der Waals surface area contributed by atoms with Gasteiger partial charge in [0.05, 0.1) is 37.8 Å². The molecule has 1 aromatic heterocycles. The summed E-state index contributed by atoms with van der Waals surface area (Å²) in [7, 11) is 4.61. The Labute approximate surface area is 238 Å². The second-order valence-corrected chi connectivity index (χ2v) is 9.98. The third kappa shape index (κ3) is 6.52. The summed E-state index contributed by atoms with van der Waals surface area (Å²) in [4.78, 5) is 12.6. The number of carbonyl (C=O) groups is 1. The number of carbonyl (C=O) groups excluding carboxylic acids is 1. The van der Waals surface area contributed by atoms with Crippen molar-refractivity contribution in [1.82, 2.24) is 20.2 Å². The number of halogens is 1. The Morgan fingerprint density at radius 1 is 1.03 bits per heavy atom. The van der Waals surface area contributed by atoms with E-state index < -0.39 is 0 Å².